The second-order valence-corrected chi connectivity index (χ2v) is 9.02. The first kappa shape index (κ1) is 18.6. The Labute approximate surface area is 165 Å². The molecule has 0 aromatic heterocycles. The van der Waals surface area contributed by atoms with E-state index in [4.69, 9.17) is 9.47 Å². The molecular formula is C20H24N4O3S. The minimum Gasteiger partial charge on any atom is -0.493 e. The standard InChI is InChI=1S/C20H24N4O3S/c1-26-17-13-16-19(14-18(17)27-2)28(3,25)22-20(21-16)24-11-9-23(10-12-24)15-7-5-4-6-8-15/h4-8,13-14H,9-12H2,1-3H3. The van der Waals surface area contributed by atoms with Gasteiger partial charge in [0.1, 0.15) is 0 Å². The molecule has 7 nitrogen and oxygen atoms in total. The molecule has 28 heavy (non-hydrogen) atoms. The van der Waals surface area contributed by atoms with Crippen LogP contribution in [0.25, 0.3) is 0 Å². The van der Waals surface area contributed by atoms with Crippen molar-refractivity contribution in [2.45, 2.75) is 4.90 Å². The van der Waals surface area contributed by atoms with Crippen LogP contribution in [0.1, 0.15) is 0 Å². The third kappa shape index (κ3) is 3.40. The van der Waals surface area contributed by atoms with Crippen LogP contribution in [0.4, 0.5) is 11.4 Å². The van der Waals surface area contributed by atoms with Crippen LogP contribution in [0.3, 0.4) is 0 Å². The molecule has 2 heterocycles. The maximum Gasteiger partial charge on any atom is 0.234 e. The van der Waals surface area contributed by atoms with E-state index in [1.54, 1.807) is 32.6 Å². The fraction of sp³-hybridized carbons (Fsp3) is 0.350. The summed E-state index contributed by atoms with van der Waals surface area (Å²) in [5.41, 5.74) is 1.84. The molecular weight excluding hydrogens is 376 g/mol. The highest BCUT2D eigenvalue weighted by atomic mass is 32.2. The zero-order valence-electron chi connectivity index (χ0n) is 16.3. The molecule has 0 amide bonds. The number of ether oxygens (including phenoxy) is 2. The van der Waals surface area contributed by atoms with Gasteiger partial charge in [-0.2, -0.15) is 4.36 Å². The number of hydrogen-bond donors (Lipinski definition) is 0. The van der Waals surface area contributed by atoms with E-state index in [0.717, 1.165) is 26.2 Å². The lowest BCUT2D eigenvalue weighted by molar-refractivity contribution is 0.354. The van der Waals surface area contributed by atoms with Gasteiger partial charge in [0.05, 0.1) is 34.5 Å². The predicted octanol–water partition coefficient (Wildman–Crippen LogP) is 2.98. The van der Waals surface area contributed by atoms with Crippen molar-refractivity contribution in [3.8, 4) is 11.5 Å². The van der Waals surface area contributed by atoms with Crippen LogP contribution in [0.15, 0.2) is 56.7 Å². The highest BCUT2D eigenvalue weighted by molar-refractivity contribution is 7.93. The highest BCUT2D eigenvalue weighted by Gasteiger charge is 2.27. The van der Waals surface area contributed by atoms with Gasteiger partial charge in [-0.15, -0.1) is 0 Å². The summed E-state index contributed by atoms with van der Waals surface area (Å²) in [6.45, 7) is 3.27. The van der Waals surface area contributed by atoms with Crippen LogP contribution in [-0.4, -0.2) is 61.7 Å². The minimum atomic E-state index is -2.61. The van der Waals surface area contributed by atoms with Crippen molar-refractivity contribution in [1.29, 1.82) is 0 Å². The fourth-order valence-corrected chi connectivity index (χ4v) is 4.89. The number of rotatable bonds is 3. The molecule has 1 atom stereocenters. The van der Waals surface area contributed by atoms with Crippen molar-refractivity contribution >= 4 is 27.1 Å². The molecule has 148 valence electrons. The molecule has 1 fully saturated rings. The van der Waals surface area contributed by atoms with E-state index in [1.165, 1.54) is 5.69 Å². The Morgan fingerprint density at radius 3 is 2.18 bits per heavy atom. The Kier molecular flexibility index (Phi) is 4.89. The van der Waals surface area contributed by atoms with Gasteiger partial charge in [0.2, 0.25) is 5.96 Å². The summed E-state index contributed by atoms with van der Waals surface area (Å²) in [5.74, 6) is 1.62. The average Bonchev–Trinajstić information content (AvgIpc) is 2.73. The summed E-state index contributed by atoms with van der Waals surface area (Å²) in [6.07, 6.45) is 1.65. The first-order valence-electron chi connectivity index (χ1n) is 9.13. The van der Waals surface area contributed by atoms with E-state index in [9.17, 15) is 4.21 Å². The van der Waals surface area contributed by atoms with Crippen molar-refractivity contribution in [1.82, 2.24) is 4.90 Å². The SMILES string of the molecule is COc1cc2c(cc1OC)S(C)(=O)=NC(N1CCN(c3ccccc3)CC1)=N2. The number of nitrogens with zero attached hydrogens (tertiary/aromatic N) is 4. The van der Waals surface area contributed by atoms with Gasteiger partial charge in [0.15, 0.2) is 11.5 Å². The van der Waals surface area contributed by atoms with Crippen molar-refractivity contribution in [3.63, 3.8) is 0 Å². The van der Waals surface area contributed by atoms with Gasteiger partial charge in [0.25, 0.3) is 0 Å². The topological polar surface area (TPSA) is 66.7 Å². The molecule has 1 saturated heterocycles. The molecule has 0 N–H and O–H groups in total. The summed E-state index contributed by atoms with van der Waals surface area (Å²) >= 11 is 0. The lowest BCUT2D eigenvalue weighted by Crippen LogP contribution is -2.48. The van der Waals surface area contributed by atoms with Crippen LogP contribution in [0.2, 0.25) is 0 Å². The molecule has 4 rings (SSSR count). The zero-order chi connectivity index (χ0) is 19.7. The highest BCUT2D eigenvalue weighted by Crippen LogP contribution is 2.39. The number of fused-ring (bicyclic) bond motifs is 1. The molecule has 0 aliphatic carbocycles. The molecule has 0 saturated carbocycles. The van der Waals surface area contributed by atoms with Crippen LogP contribution >= 0.6 is 0 Å². The first-order chi connectivity index (χ1) is 13.5. The second kappa shape index (κ2) is 7.35. The smallest absolute Gasteiger partial charge is 0.234 e. The first-order valence-corrected chi connectivity index (χ1v) is 11.1. The van der Waals surface area contributed by atoms with E-state index in [-0.39, 0.29) is 0 Å². The van der Waals surface area contributed by atoms with Crippen LogP contribution in [0, 0.1) is 0 Å². The summed E-state index contributed by atoms with van der Waals surface area (Å²) < 4.78 is 28.5. The number of guanidine groups is 1. The second-order valence-electron chi connectivity index (χ2n) is 6.79. The Bertz CT molecular complexity index is 1020. The van der Waals surface area contributed by atoms with Crippen LogP contribution in [-0.2, 0) is 9.73 Å². The number of piperazine rings is 1. The molecule has 2 aliphatic heterocycles. The third-order valence-electron chi connectivity index (χ3n) is 5.03. The van der Waals surface area contributed by atoms with Gasteiger partial charge in [0, 0.05) is 50.3 Å². The van der Waals surface area contributed by atoms with Crippen molar-refractivity contribution in [2.75, 3.05) is 51.6 Å². The average molecular weight is 401 g/mol. The fourth-order valence-electron chi connectivity index (χ4n) is 3.51. The lowest BCUT2D eigenvalue weighted by Gasteiger charge is -2.37. The largest absolute Gasteiger partial charge is 0.493 e. The number of aliphatic imine (C=N–C) groups is 1. The number of benzene rings is 2. The number of para-hydroxylation sites is 1. The van der Waals surface area contributed by atoms with E-state index >= 15 is 0 Å². The monoisotopic (exact) mass is 400 g/mol. The Morgan fingerprint density at radius 2 is 1.54 bits per heavy atom. The number of hydrogen-bond acceptors (Lipinski definition) is 7. The van der Waals surface area contributed by atoms with E-state index in [0.29, 0.717) is 28.0 Å². The molecule has 2 aromatic rings. The quantitative estimate of drug-likeness (QED) is 0.792. The molecule has 2 aromatic carbocycles. The summed E-state index contributed by atoms with van der Waals surface area (Å²) in [7, 11) is 0.525. The molecule has 1 unspecified atom stereocenters. The van der Waals surface area contributed by atoms with E-state index in [1.807, 2.05) is 18.2 Å². The van der Waals surface area contributed by atoms with E-state index < -0.39 is 9.73 Å². The normalized spacial score (nSPS) is 21.5. The lowest BCUT2D eigenvalue weighted by atomic mass is 10.2. The van der Waals surface area contributed by atoms with Gasteiger partial charge >= 0.3 is 0 Å². The molecule has 0 bridgehead atoms. The molecule has 8 heteroatoms. The summed E-state index contributed by atoms with van der Waals surface area (Å²) in [4.78, 5) is 9.71. The minimum absolute atomic E-state index is 0.528. The molecule has 0 radical (unpaired) electrons. The third-order valence-corrected chi connectivity index (χ3v) is 6.69. The number of methoxy groups -OCH3 is 2. The molecule has 0 spiro atoms. The predicted molar refractivity (Wildman–Crippen MR) is 112 cm³/mol. The maximum atomic E-state index is 13.3. The number of anilines is 1. The molecule has 2 aliphatic rings. The Balaban J connectivity index is 1.61. The summed E-state index contributed by atoms with van der Waals surface area (Å²) in [6, 6.07) is 13.8. The van der Waals surface area contributed by atoms with E-state index in [2.05, 4.69) is 31.3 Å². The maximum absolute atomic E-state index is 13.3. The van der Waals surface area contributed by atoms with Crippen molar-refractivity contribution in [3.05, 3.63) is 42.5 Å². The van der Waals surface area contributed by atoms with Gasteiger partial charge in [-0.3, -0.25) is 0 Å². The van der Waals surface area contributed by atoms with Gasteiger partial charge in [-0.25, -0.2) is 9.20 Å². The zero-order valence-corrected chi connectivity index (χ0v) is 17.1. The van der Waals surface area contributed by atoms with Crippen molar-refractivity contribution in [2.24, 2.45) is 9.36 Å². The van der Waals surface area contributed by atoms with Crippen LogP contribution < -0.4 is 14.4 Å². The Morgan fingerprint density at radius 1 is 0.929 bits per heavy atom. The summed E-state index contributed by atoms with van der Waals surface area (Å²) in [5, 5.41) is 0. The Hall–Kier alpha value is -2.74. The van der Waals surface area contributed by atoms with Crippen LogP contribution in [0.5, 0.6) is 11.5 Å². The van der Waals surface area contributed by atoms with Gasteiger partial charge < -0.3 is 19.3 Å². The van der Waals surface area contributed by atoms with Gasteiger partial charge in [-0.1, -0.05) is 18.2 Å². The van der Waals surface area contributed by atoms with Gasteiger partial charge in [-0.05, 0) is 12.1 Å². The van der Waals surface area contributed by atoms with Crippen molar-refractivity contribution < 1.29 is 13.7 Å².